The first-order chi connectivity index (χ1) is 9.24. The molecule has 3 rings (SSSR count). The number of aromatic nitrogens is 3. The smallest absolute Gasteiger partial charge is 0.279 e. The zero-order valence-corrected chi connectivity index (χ0v) is 11.4. The topological polar surface area (TPSA) is 80.9 Å². The lowest BCUT2D eigenvalue weighted by Gasteiger charge is -1.96. The number of rotatable bonds is 3. The molecule has 19 heavy (non-hydrogen) atoms. The molecule has 0 unspecified atom stereocenters. The van der Waals surface area contributed by atoms with Crippen LogP contribution in [-0.4, -0.2) is 21.1 Å². The van der Waals surface area contributed by atoms with E-state index < -0.39 is 0 Å². The van der Waals surface area contributed by atoms with Gasteiger partial charge in [-0.15, -0.1) is 21.5 Å². The van der Waals surface area contributed by atoms with Gasteiger partial charge in [0.15, 0.2) is 5.69 Å². The van der Waals surface area contributed by atoms with Crippen LogP contribution < -0.4 is 5.32 Å². The van der Waals surface area contributed by atoms with Crippen LogP contribution in [-0.2, 0) is 0 Å². The molecule has 0 atom stereocenters. The first-order valence-corrected chi connectivity index (χ1v) is 7.09. The Hall–Kier alpha value is -2.06. The Bertz CT molecular complexity index is 688. The number of aryl methyl sites for hydroxylation is 1. The van der Waals surface area contributed by atoms with Gasteiger partial charge >= 0.3 is 0 Å². The molecule has 0 saturated heterocycles. The van der Waals surface area contributed by atoms with Gasteiger partial charge in [0.1, 0.15) is 11.3 Å². The van der Waals surface area contributed by atoms with Gasteiger partial charge in [-0.1, -0.05) is 17.4 Å². The quantitative estimate of drug-likeness (QED) is 0.802. The summed E-state index contributed by atoms with van der Waals surface area (Å²) in [5.41, 5.74) is 1.81. The van der Waals surface area contributed by atoms with E-state index in [0.29, 0.717) is 16.8 Å². The van der Waals surface area contributed by atoms with Gasteiger partial charge in [-0.05, 0) is 18.4 Å². The zero-order valence-electron chi connectivity index (χ0n) is 9.78. The average Bonchev–Trinajstić information content (AvgIpc) is 3.07. The second-order valence-electron chi connectivity index (χ2n) is 3.60. The van der Waals surface area contributed by atoms with Gasteiger partial charge in [-0.25, -0.2) is 4.98 Å². The third-order valence-corrected chi connectivity index (χ3v) is 3.79. The van der Waals surface area contributed by atoms with Crippen LogP contribution >= 0.6 is 22.7 Å². The molecule has 3 aromatic rings. The van der Waals surface area contributed by atoms with E-state index in [-0.39, 0.29) is 11.6 Å². The maximum Gasteiger partial charge on any atom is 0.279 e. The van der Waals surface area contributed by atoms with Crippen LogP contribution in [0.1, 0.15) is 16.2 Å². The summed E-state index contributed by atoms with van der Waals surface area (Å²) in [5, 5.41) is 12.4. The number of nitrogens with zero attached hydrogens (tertiary/aromatic N) is 3. The number of anilines is 1. The van der Waals surface area contributed by atoms with Crippen molar-refractivity contribution in [3.05, 3.63) is 34.5 Å². The second-order valence-corrected chi connectivity index (χ2v) is 5.38. The lowest BCUT2D eigenvalue weighted by Crippen LogP contribution is -2.13. The van der Waals surface area contributed by atoms with Gasteiger partial charge in [-0.2, -0.15) is 0 Å². The van der Waals surface area contributed by atoms with Crippen LogP contribution in [0, 0.1) is 6.92 Å². The molecule has 0 saturated carbocycles. The molecule has 1 N–H and O–H groups in total. The maximum atomic E-state index is 12.0. The van der Waals surface area contributed by atoms with Crippen molar-refractivity contribution in [1.29, 1.82) is 0 Å². The average molecular weight is 292 g/mol. The lowest BCUT2D eigenvalue weighted by molar-refractivity contribution is 0.102. The Labute approximate surface area is 116 Å². The van der Waals surface area contributed by atoms with Crippen molar-refractivity contribution in [2.75, 3.05) is 5.32 Å². The third kappa shape index (κ3) is 2.40. The number of oxazole rings is 1. The van der Waals surface area contributed by atoms with Crippen LogP contribution in [0.4, 0.5) is 5.13 Å². The molecule has 0 radical (unpaired) electrons. The Morgan fingerprint density at radius 3 is 3.00 bits per heavy atom. The maximum absolute atomic E-state index is 12.0. The fourth-order valence-corrected chi connectivity index (χ4v) is 2.59. The summed E-state index contributed by atoms with van der Waals surface area (Å²) in [5.74, 6) is 0.584. The van der Waals surface area contributed by atoms with Crippen molar-refractivity contribution in [1.82, 2.24) is 15.2 Å². The molecule has 1 amide bonds. The summed E-state index contributed by atoms with van der Waals surface area (Å²) in [7, 11) is 0. The molecule has 0 bridgehead atoms. The number of thiophene rings is 1. The summed E-state index contributed by atoms with van der Waals surface area (Å²) in [4.78, 5) is 17.1. The lowest BCUT2D eigenvalue weighted by atomic mass is 10.3. The van der Waals surface area contributed by atoms with Crippen LogP contribution in [0.2, 0.25) is 0 Å². The second kappa shape index (κ2) is 4.90. The van der Waals surface area contributed by atoms with E-state index in [1.165, 1.54) is 22.7 Å². The summed E-state index contributed by atoms with van der Waals surface area (Å²) in [6, 6.07) is 3.79. The normalized spacial score (nSPS) is 10.6. The third-order valence-electron chi connectivity index (χ3n) is 2.32. The summed E-state index contributed by atoms with van der Waals surface area (Å²) < 4.78 is 5.51. The Kier molecular flexibility index (Phi) is 3.10. The summed E-state index contributed by atoms with van der Waals surface area (Å²) in [6.07, 6.45) is 0. The van der Waals surface area contributed by atoms with Gasteiger partial charge in [0.05, 0.1) is 4.88 Å². The van der Waals surface area contributed by atoms with E-state index in [2.05, 4.69) is 20.5 Å². The van der Waals surface area contributed by atoms with Gasteiger partial charge in [0, 0.05) is 0 Å². The van der Waals surface area contributed by atoms with Gasteiger partial charge < -0.3 is 4.42 Å². The standard InChI is InChI=1S/C11H8N4O2S2/c1-6-8(9(16)14-11-15-12-5-19-11)13-10(17-6)7-3-2-4-18-7/h2-5H,1H3,(H,14,15,16). The molecule has 0 aliphatic rings. The van der Waals surface area contributed by atoms with E-state index in [0.717, 1.165) is 4.88 Å². The molecule has 0 aliphatic heterocycles. The summed E-state index contributed by atoms with van der Waals surface area (Å²) in [6.45, 7) is 1.71. The van der Waals surface area contributed by atoms with Crippen molar-refractivity contribution in [3.8, 4) is 10.8 Å². The minimum Gasteiger partial charge on any atom is -0.440 e. The van der Waals surface area contributed by atoms with Gasteiger partial charge in [0.25, 0.3) is 5.91 Å². The van der Waals surface area contributed by atoms with Crippen molar-refractivity contribution < 1.29 is 9.21 Å². The van der Waals surface area contributed by atoms with Crippen LogP contribution in [0.3, 0.4) is 0 Å². The van der Waals surface area contributed by atoms with E-state index in [1.54, 1.807) is 12.4 Å². The number of hydrogen-bond acceptors (Lipinski definition) is 7. The highest BCUT2D eigenvalue weighted by atomic mass is 32.1. The van der Waals surface area contributed by atoms with Gasteiger partial charge in [0.2, 0.25) is 11.0 Å². The molecule has 3 aromatic heterocycles. The SMILES string of the molecule is Cc1oc(-c2cccs2)nc1C(=O)Nc1nncs1. The Balaban J connectivity index is 1.87. The van der Waals surface area contributed by atoms with Crippen molar-refractivity contribution >= 4 is 33.7 Å². The van der Waals surface area contributed by atoms with Gasteiger partial charge in [-0.3, -0.25) is 10.1 Å². The van der Waals surface area contributed by atoms with Crippen molar-refractivity contribution in [3.63, 3.8) is 0 Å². The highest BCUT2D eigenvalue weighted by Crippen LogP contribution is 2.26. The fraction of sp³-hybridized carbons (Fsp3) is 0.0909. The van der Waals surface area contributed by atoms with Crippen molar-refractivity contribution in [2.24, 2.45) is 0 Å². The molecule has 3 heterocycles. The summed E-state index contributed by atoms with van der Waals surface area (Å²) >= 11 is 2.75. The highest BCUT2D eigenvalue weighted by Gasteiger charge is 2.19. The van der Waals surface area contributed by atoms with E-state index in [9.17, 15) is 4.79 Å². The molecule has 0 fully saturated rings. The zero-order chi connectivity index (χ0) is 13.2. The molecular formula is C11H8N4O2S2. The number of carbonyl (C=O) groups is 1. The largest absolute Gasteiger partial charge is 0.440 e. The highest BCUT2D eigenvalue weighted by molar-refractivity contribution is 7.13. The Morgan fingerprint density at radius 2 is 2.32 bits per heavy atom. The number of nitrogens with one attached hydrogen (secondary N) is 1. The predicted octanol–water partition coefficient (Wildman–Crippen LogP) is 2.82. The molecule has 0 spiro atoms. The molecule has 8 heteroatoms. The molecule has 96 valence electrons. The minimum atomic E-state index is -0.346. The predicted molar refractivity (Wildman–Crippen MR) is 72.4 cm³/mol. The van der Waals surface area contributed by atoms with Crippen LogP contribution in [0.25, 0.3) is 10.8 Å². The number of amides is 1. The monoisotopic (exact) mass is 292 g/mol. The number of carbonyl (C=O) groups excluding carboxylic acids is 1. The molecule has 0 aliphatic carbocycles. The first-order valence-electron chi connectivity index (χ1n) is 5.33. The van der Waals surface area contributed by atoms with E-state index >= 15 is 0 Å². The molecule has 0 aromatic carbocycles. The first kappa shape index (κ1) is 12.0. The fourth-order valence-electron chi connectivity index (χ4n) is 1.50. The van der Waals surface area contributed by atoms with Crippen LogP contribution in [0.15, 0.2) is 27.4 Å². The van der Waals surface area contributed by atoms with Crippen LogP contribution in [0.5, 0.6) is 0 Å². The number of hydrogen-bond donors (Lipinski definition) is 1. The minimum absolute atomic E-state index is 0.263. The van der Waals surface area contributed by atoms with Crippen molar-refractivity contribution in [2.45, 2.75) is 6.92 Å². The van der Waals surface area contributed by atoms with E-state index in [1.807, 2.05) is 17.5 Å². The molecule has 6 nitrogen and oxygen atoms in total. The molecular weight excluding hydrogens is 284 g/mol. The van der Waals surface area contributed by atoms with E-state index in [4.69, 9.17) is 4.42 Å². The Morgan fingerprint density at radius 1 is 1.42 bits per heavy atom.